The number of hydrogen-bond donors (Lipinski definition) is 0. The number of carbonyl (C=O) groups excluding carboxylic acids is 1. The summed E-state index contributed by atoms with van der Waals surface area (Å²) in [6.07, 6.45) is 1.53. The molecule has 1 aromatic heterocycles. The van der Waals surface area contributed by atoms with Crippen LogP contribution in [0.5, 0.6) is 0 Å². The van der Waals surface area contributed by atoms with Crippen LogP contribution < -0.4 is 0 Å². The Morgan fingerprint density at radius 2 is 2.19 bits per heavy atom. The predicted molar refractivity (Wildman–Crippen MR) is 65.5 cm³/mol. The van der Waals surface area contributed by atoms with E-state index in [1.165, 1.54) is 13.3 Å². The Hall–Kier alpha value is -1.42. The highest BCUT2D eigenvalue weighted by Gasteiger charge is 2.14. The van der Waals surface area contributed by atoms with Gasteiger partial charge in [0.05, 0.1) is 12.7 Å². The largest absolute Gasteiger partial charge is 0.465 e. The molecule has 0 unspecified atom stereocenters. The molecule has 0 N–H and O–H groups in total. The van der Waals surface area contributed by atoms with Gasteiger partial charge >= 0.3 is 5.97 Å². The number of nitrogens with zero attached hydrogens (tertiary/aromatic N) is 1. The normalized spacial score (nSPS) is 10.4. The zero-order valence-electron chi connectivity index (χ0n) is 8.95. The number of ether oxygens (including phenoxy) is 1. The Balaban J connectivity index is 2.86. The van der Waals surface area contributed by atoms with Gasteiger partial charge in [0.15, 0.2) is 0 Å². The van der Waals surface area contributed by atoms with Gasteiger partial charge in [0, 0.05) is 17.0 Å². The molecule has 0 spiro atoms. The zero-order chi connectivity index (χ0) is 11.7. The van der Waals surface area contributed by atoms with Gasteiger partial charge in [-0.2, -0.15) is 0 Å². The van der Waals surface area contributed by atoms with Crippen LogP contribution in [0.15, 0.2) is 29.0 Å². The molecule has 0 aliphatic heterocycles. The first-order valence-electron chi connectivity index (χ1n) is 4.77. The molecule has 2 aromatic rings. The SMILES string of the molecule is COC(=O)c1cnc(Br)c2cccc(C)c12. The van der Waals surface area contributed by atoms with Crippen molar-refractivity contribution in [3.63, 3.8) is 0 Å². The van der Waals surface area contributed by atoms with Crippen LogP contribution in [0.4, 0.5) is 0 Å². The number of rotatable bonds is 1. The monoisotopic (exact) mass is 279 g/mol. The van der Waals surface area contributed by atoms with Gasteiger partial charge in [-0.1, -0.05) is 18.2 Å². The van der Waals surface area contributed by atoms with Crippen LogP contribution in [0.1, 0.15) is 15.9 Å². The predicted octanol–water partition coefficient (Wildman–Crippen LogP) is 3.09. The molecule has 82 valence electrons. The number of methoxy groups -OCH3 is 1. The maximum atomic E-state index is 11.6. The summed E-state index contributed by atoms with van der Waals surface area (Å²) in [5.74, 6) is -0.362. The minimum Gasteiger partial charge on any atom is -0.465 e. The Kier molecular flexibility index (Phi) is 2.92. The Bertz CT molecular complexity index is 566. The lowest BCUT2D eigenvalue weighted by molar-refractivity contribution is 0.0602. The van der Waals surface area contributed by atoms with Gasteiger partial charge in [-0.05, 0) is 28.4 Å². The van der Waals surface area contributed by atoms with Gasteiger partial charge in [-0.25, -0.2) is 9.78 Å². The first-order chi connectivity index (χ1) is 7.65. The highest BCUT2D eigenvalue weighted by atomic mass is 79.9. The van der Waals surface area contributed by atoms with Gasteiger partial charge in [0.25, 0.3) is 0 Å². The molecule has 16 heavy (non-hydrogen) atoms. The maximum absolute atomic E-state index is 11.6. The first-order valence-corrected chi connectivity index (χ1v) is 5.56. The van der Waals surface area contributed by atoms with Crippen LogP contribution in [-0.4, -0.2) is 18.1 Å². The highest BCUT2D eigenvalue weighted by Crippen LogP contribution is 2.27. The lowest BCUT2D eigenvalue weighted by Gasteiger charge is -2.08. The fourth-order valence-corrected chi connectivity index (χ4v) is 2.15. The van der Waals surface area contributed by atoms with Gasteiger partial charge in [0.1, 0.15) is 4.60 Å². The third-order valence-electron chi connectivity index (χ3n) is 2.48. The minimum atomic E-state index is -0.362. The lowest BCUT2D eigenvalue weighted by atomic mass is 10.0. The first kappa shape index (κ1) is 11.1. The molecule has 0 amide bonds. The molecule has 1 aromatic carbocycles. The van der Waals surface area contributed by atoms with Crippen molar-refractivity contribution in [2.75, 3.05) is 7.11 Å². The minimum absolute atomic E-state index is 0.362. The van der Waals surface area contributed by atoms with Crippen LogP contribution in [-0.2, 0) is 4.74 Å². The Morgan fingerprint density at radius 3 is 2.88 bits per heavy atom. The average Bonchev–Trinajstić information content (AvgIpc) is 2.30. The fraction of sp³-hybridized carbons (Fsp3) is 0.167. The molecule has 0 saturated heterocycles. The summed E-state index contributed by atoms with van der Waals surface area (Å²) in [6.45, 7) is 1.96. The average molecular weight is 280 g/mol. The summed E-state index contributed by atoms with van der Waals surface area (Å²) >= 11 is 3.37. The van der Waals surface area contributed by atoms with E-state index in [0.717, 1.165) is 20.9 Å². The van der Waals surface area contributed by atoms with Crippen molar-refractivity contribution in [2.24, 2.45) is 0 Å². The van der Waals surface area contributed by atoms with Crippen LogP contribution >= 0.6 is 15.9 Å². The van der Waals surface area contributed by atoms with Crippen LogP contribution in [0.25, 0.3) is 10.8 Å². The summed E-state index contributed by atoms with van der Waals surface area (Å²) in [6, 6.07) is 5.82. The Morgan fingerprint density at radius 1 is 1.44 bits per heavy atom. The van der Waals surface area contributed by atoms with Crippen molar-refractivity contribution in [3.05, 3.63) is 40.1 Å². The van der Waals surface area contributed by atoms with Crippen LogP contribution in [0.3, 0.4) is 0 Å². The third kappa shape index (κ3) is 1.69. The number of benzene rings is 1. The molecule has 0 atom stereocenters. The molecule has 0 aliphatic rings. The van der Waals surface area contributed by atoms with Crippen molar-refractivity contribution in [1.82, 2.24) is 4.98 Å². The molecule has 0 radical (unpaired) electrons. The van der Waals surface area contributed by atoms with E-state index in [4.69, 9.17) is 4.74 Å². The standard InChI is InChI=1S/C12H10BrNO2/c1-7-4-3-5-8-10(7)9(12(15)16-2)6-14-11(8)13/h3-6H,1-2H3. The number of pyridine rings is 1. The van der Waals surface area contributed by atoms with Crippen molar-refractivity contribution in [2.45, 2.75) is 6.92 Å². The molecule has 1 heterocycles. The van der Waals surface area contributed by atoms with E-state index < -0.39 is 0 Å². The van der Waals surface area contributed by atoms with E-state index in [9.17, 15) is 4.79 Å². The van der Waals surface area contributed by atoms with E-state index in [2.05, 4.69) is 20.9 Å². The Labute approximate surface area is 102 Å². The molecule has 2 rings (SSSR count). The van der Waals surface area contributed by atoms with Crippen molar-refractivity contribution in [3.8, 4) is 0 Å². The van der Waals surface area contributed by atoms with Crippen molar-refractivity contribution >= 4 is 32.7 Å². The highest BCUT2D eigenvalue weighted by molar-refractivity contribution is 9.10. The third-order valence-corrected chi connectivity index (χ3v) is 3.11. The van der Waals surface area contributed by atoms with E-state index >= 15 is 0 Å². The number of aryl methyl sites for hydroxylation is 1. The molecule has 0 aliphatic carbocycles. The molecule has 0 bridgehead atoms. The van der Waals surface area contributed by atoms with Crippen LogP contribution in [0.2, 0.25) is 0 Å². The second kappa shape index (κ2) is 4.22. The number of halogens is 1. The molecule has 4 heteroatoms. The summed E-state index contributed by atoms with van der Waals surface area (Å²) in [7, 11) is 1.37. The molecule has 0 saturated carbocycles. The molecular formula is C12H10BrNO2. The topological polar surface area (TPSA) is 39.2 Å². The second-order valence-electron chi connectivity index (χ2n) is 3.45. The number of fused-ring (bicyclic) bond motifs is 1. The van der Waals surface area contributed by atoms with E-state index in [0.29, 0.717) is 5.56 Å². The lowest BCUT2D eigenvalue weighted by Crippen LogP contribution is -2.04. The number of aromatic nitrogens is 1. The van der Waals surface area contributed by atoms with Gasteiger partial charge in [-0.3, -0.25) is 0 Å². The summed E-state index contributed by atoms with van der Waals surface area (Å²) < 4.78 is 5.48. The summed E-state index contributed by atoms with van der Waals surface area (Å²) in [5, 5.41) is 1.80. The summed E-state index contributed by atoms with van der Waals surface area (Å²) in [5.41, 5.74) is 1.53. The van der Waals surface area contributed by atoms with E-state index in [-0.39, 0.29) is 5.97 Å². The molecule has 3 nitrogen and oxygen atoms in total. The van der Waals surface area contributed by atoms with Crippen molar-refractivity contribution in [1.29, 1.82) is 0 Å². The molecule has 0 fully saturated rings. The fourth-order valence-electron chi connectivity index (χ4n) is 1.72. The molecular weight excluding hydrogens is 270 g/mol. The quantitative estimate of drug-likeness (QED) is 0.595. The van der Waals surface area contributed by atoms with E-state index in [1.54, 1.807) is 0 Å². The van der Waals surface area contributed by atoms with E-state index in [1.807, 2.05) is 25.1 Å². The van der Waals surface area contributed by atoms with Crippen molar-refractivity contribution < 1.29 is 9.53 Å². The van der Waals surface area contributed by atoms with Gasteiger partial charge in [0.2, 0.25) is 0 Å². The summed E-state index contributed by atoms with van der Waals surface area (Å²) in [4.78, 5) is 15.7. The van der Waals surface area contributed by atoms with Gasteiger partial charge < -0.3 is 4.74 Å². The smallest absolute Gasteiger partial charge is 0.340 e. The van der Waals surface area contributed by atoms with Crippen LogP contribution in [0, 0.1) is 6.92 Å². The number of esters is 1. The number of carbonyl (C=O) groups is 1. The zero-order valence-corrected chi connectivity index (χ0v) is 10.5. The maximum Gasteiger partial charge on any atom is 0.340 e. The second-order valence-corrected chi connectivity index (χ2v) is 4.20. The van der Waals surface area contributed by atoms with Gasteiger partial charge in [-0.15, -0.1) is 0 Å². The number of hydrogen-bond acceptors (Lipinski definition) is 3.